The lowest BCUT2D eigenvalue weighted by Gasteiger charge is -1.99. The maximum atomic E-state index is 10.4. The fourth-order valence-electron chi connectivity index (χ4n) is 0.895. The molecule has 1 aromatic rings. The van der Waals surface area contributed by atoms with Crippen LogP contribution in [0.4, 0.5) is 17.1 Å². The summed E-state index contributed by atoms with van der Waals surface area (Å²) in [6.07, 6.45) is 0. The molecule has 1 aromatic carbocycles. The van der Waals surface area contributed by atoms with Crippen LogP contribution < -0.4 is 5.73 Å². The molecule has 0 bridgehead atoms. The lowest BCUT2D eigenvalue weighted by Crippen LogP contribution is -1.99. The molecule has 14 heavy (non-hydrogen) atoms. The van der Waals surface area contributed by atoms with Gasteiger partial charge in [-0.1, -0.05) is 11.6 Å². The normalized spacial score (nSPS) is 9.79. The molecule has 0 amide bonds. The van der Waals surface area contributed by atoms with E-state index in [1.165, 1.54) is 0 Å². The molecular weight excluding hydrogens is 214 g/mol. The van der Waals surface area contributed by atoms with Gasteiger partial charge in [-0.2, -0.15) is 0 Å². The van der Waals surface area contributed by atoms with E-state index in [9.17, 15) is 20.2 Å². The number of halogens is 1. The van der Waals surface area contributed by atoms with Crippen LogP contribution in [0.2, 0.25) is 5.02 Å². The number of nitrogens with two attached hydrogens (primary N) is 1. The largest absolute Gasteiger partial charge is 0.393 e. The molecule has 1 rings (SSSR count). The van der Waals surface area contributed by atoms with E-state index in [0.29, 0.717) is 0 Å². The lowest BCUT2D eigenvalue weighted by molar-refractivity contribution is -0.393. The Balaban J connectivity index is 3.49. The van der Waals surface area contributed by atoms with E-state index in [4.69, 9.17) is 17.3 Å². The highest BCUT2D eigenvalue weighted by atomic mass is 35.5. The Kier molecular flexibility index (Phi) is 2.52. The molecule has 0 aliphatic heterocycles. The predicted molar refractivity (Wildman–Crippen MR) is 49.2 cm³/mol. The molecule has 74 valence electrons. The van der Waals surface area contributed by atoms with Gasteiger partial charge < -0.3 is 5.73 Å². The van der Waals surface area contributed by atoms with E-state index < -0.39 is 26.2 Å². The van der Waals surface area contributed by atoms with Crippen molar-refractivity contribution in [2.75, 3.05) is 5.73 Å². The Hall–Kier alpha value is -1.89. The molecule has 0 fully saturated rings. The lowest BCUT2D eigenvalue weighted by atomic mass is 10.2. The molecule has 0 saturated heterocycles. The van der Waals surface area contributed by atoms with Crippen molar-refractivity contribution in [2.24, 2.45) is 0 Å². The number of anilines is 1. The number of nitrogens with zero attached hydrogens (tertiary/aromatic N) is 2. The van der Waals surface area contributed by atoms with Gasteiger partial charge in [0.05, 0.1) is 9.85 Å². The molecule has 0 saturated carbocycles. The van der Waals surface area contributed by atoms with Crippen LogP contribution in [0, 0.1) is 20.2 Å². The third-order valence-electron chi connectivity index (χ3n) is 1.51. The number of hydrogen-bond donors (Lipinski definition) is 1. The SMILES string of the molecule is Nc1ccc([N+](=O)[O-])c(Cl)c1[N+](=O)[O-]. The Bertz CT molecular complexity index is 420. The van der Waals surface area contributed by atoms with Crippen LogP contribution in [-0.2, 0) is 0 Å². The third kappa shape index (κ3) is 1.57. The maximum Gasteiger partial charge on any atom is 0.317 e. The highest BCUT2D eigenvalue weighted by Gasteiger charge is 2.26. The second kappa shape index (κ2) is 3.46. The fraction of sp³-hybridized carbons (Fsp3) is 0. The van der Waals surface area contributed by atoms with Crippen LogP contribution in [0.5, 0.6) is 0 Å². The minimum Gasteiger partial charge on any atom is -0.393 e. The van der Waals surface area contributed by atoms with Crippen molar-refractivity contribution in [3.63, 3.8) is 0 Å². The molecular formula is C6H4ClN3O4. The molecule has 0 heterocycles. The van der Waals surface area contributed by atoms with Gasteiger partial charge in [-0.3, -0.25) is 20.2 Å². The summed E-state index contributed by atoms with van der Waals surface area (Å²) in [7, 11) is 0. The number of nitro benzene ring substituents is 2. The smallest absolute Gasteiger partial charge is 0.317 e. The molecule has 2 N–H and O–H groups in total. The predicted octanol–water partition coefficient (Wildman–Crippen LogP) is 1.74. The second-order valence-electron chi connectivity index (χ2n) is 2.35. The van der Waals surface area contributed by atoms with Gasteiger partial charge in [0.1, 0.15) is 5.69 Å². The van der Waals surface area contributed by atoms with Crippen molar-refractivity contribution < 1.29 is 9.85 Å². The van der Waals surface area contributed by atoms with Crippen LogP contribution in [0.15, 0.2) is 12.1 Å². The quantitative estimate of drug-likeness (QED) is 0.460. The van der Waals surface area contributed by atoms with E-state index in [0.717, 1.165) is 12.1 Å². The van der Waals surface area contributed by atoms with Crippen molar-refractivity contribution >= 4 is 28.7 Å². The molecule has 0 atom stereocenters. The van der Waals surface area contributed by atoms with E-state index in [1.807, 2.05) is 0 Å². The zero-order valence-corrected chi connectivity index (χ0v) is 7.39. The summed E-state index contributed by atoms with van der Waals surface area (Å²) in [6, 6.07) is 2.09. The highest BCUT2D eigenvalue weighted by molar-refractivity contribution is 6.35. The van der Waals surface area contributed by atoms with Gasteiger partial charge in [-0.05, 0) is 6.07 Å². The molecule has 0 spiro atoms. The number of benzene rings is 1. The van der Waals surface area contributed by atoms with Gasteiger partial charge in [0.25, 0.3) is 5.69 Å². The first-order chi connectivity index (χ1) is 6.45. The minimum atomic E-state index is -0.856. The second-order valence-corrected chi connectivity index (χ2v) is 2.73. The van der Waals surface area contributed by atoms with Gasteiger partial charge >= 0.3 is 5.69 Å². The molecule has 0 unspecified atom stereocenters. The zero-order valence-electron chi connectivity index (χ0n) is 6.64. The van der Waals surface area contributed by atoms with Crippen molar-refractivity contribution in [3.8, 4) is 0 Å². The minimum absolute atomic E-state index is 0.203. The van der Waals surface area contributed by atoms with Crippen LogP contribution in [0.1, 0.15) is 0 Å². The first-order valence-corrected chi connectivity index (χ1v) is 3.69. The summed E-state index contributed by atoms with van der Waals surface area (Å²) in [5.74, 6) is 0. The highest BCUT2D eigenvalue weighted by Crippen LogP contribution is 2.37. The topological polar surface area (TPSA) is 112 Å². The molecule has 8 heteroatoms. The van der Waals surface area contributed by atoms with Crippen LogP contribution in [0.3, 0.4) is 0 Å². The van der Waals surface area contributed by atoms with Crippen LogP contribution >= 0.6 is 11.6 Å². The number of hydrogen-bond acceptors (Lipinski definition) is 5. The van der Waals surface area contributed by atoms with E-state index >= 15 is 0 Å². The van der Waals surface area contributed by atoms with Crippen molar-refractivity contribution in [1.29, 1.82) is 0 Å². The van der Waals surface area contributed by atoms with E-state index in [1.54, 1.807) is 0 Å². The molecule has 0 aromatic heterocycles. The first kappa shape index (κ1) is 10.2. The van der Waals surface area contributed by atoms with Gasteiger partial charge in [-0.25, -0.2) is 0 Å². The van der Waals surface area contributed by atoms with Gasteiger partial charge in [-0.15, -0.1) is 0 Å². The summed E-state index contributed by atoms with van der Waals surface area (Å²) in [6.45, 7) is 0. The third-order valence-corrected chi connectivity index (χ3v) is 1.88. The molecule has 7 nitrogen and oxygen atoms in total. The van der Waals surface area contributed by atoms with Crippen LogP contribution in [0.25, 0.3) is 0 Å². The first-order valence-electron chi connectivity index (χ1n) is 3.32. The molecule has 0 radical (unpaired) electrons. The Labute approximate surface area is 82.4 Å². The molecule has 0 aliphatic rings. The Morgan fingerprint density at radius 1 is 1.21 bits per heavy atom. The van der Waals surface area contributed by atoms with Crippen LogP contribution in [-0.4, -0.2) is 9.85 Å². The summed E-state index contributed by atoms with van der Waals surface area (Å²) in [5, 5.41) is 20.2. The average Bonchev–Trinajstić information content (AvgIpc) is 2.02. The summed E-state index contributed by atoms with van der Waals surface area (Å²) < 4.78 is 0. The number of nitrogen functional groups attached to an aromatic ring is 1. The summed E-state index contributed by atoms with van der Waals surface area (Å²) >= 11 is 5.44. The van der Waals surface area contributed by atoms with E-state index in [-0.39, 0.29) is 5.69 Å². The van der Waals surface area contributed by atoms with Crippen molar-refractivity contribution in [3.05, 3.63) is 37.4 Å². The summed E-state index contributed by atoms with van der Waals surface area (Å²) in [5.41, 5.74) is 3.87. The van der Waals surface area contributed by atoms with Crippen molar-refractivity contribution in [2.45, 2.75) is 0 Å². The maximum absolute atomic E-state index is 10.4. The average molecular weight is 218 g/mol. The fourth-order valence-corrected chi connectivity index (χ4v) is 1.21. The number of nitro groups is 2. The Morgan fingerprint density at radius 3 is 2.21 bits per heavy atom. The zero-order chi connectivity index (χ0) is 10.9. The van der Waals surface area contributed by atoms with Gasteiger partial charge in [0.2, 0.25) is 0 Å². The van der Waals surface area contributed by atoms with E-state index in [2.05, 4.69) is 0 Å². The Morgan fingerprint density at radius 2 is 1.79 bits per heavy atom. The van der Waals surface area contributed by atoms with Gasteiger partial charge in [0, 0.05) is 6.07 Å². The number of rotatable bonds is 2. The van der Waals surface area contributed by atoms with Crippen molar-refractivity contribution in [1.82, 2.24) is 0 Å². The standard InChI is InChI=1S/C6H4ClN3O4/c7-5-4(9(11)12)2-1-3(8)6(5)10(13)14/h1-2H,8H2. The summed E-state index contributed by atoms with van der Waals surface area (Å²) in [4.78, 5) is 19.1. The van der Waals surface area contributed by atoms with Gasteiger partial charge in [0.15, 0.2) is 5.02 Å². The monoisotopic (exact) mass is 217 g/mol. The molecule has 0 aliphatic carbocycles.